The van der Waals surface area contributed by atoms with Crippen molar-refractivity contribution in [1.82, 2.24) is 0 Å². The van der Waals surface area contributed by atoms with Crippen LogP contribution in [-0.2, 0) is 4.57 Å². The average Bonchev–Trinajstić information content (AvgIpc) is 2.41. The zero-order valence-electron chi connectivity index (χ0n) is 11.2. The van der Waals surface area contributed by atoms with Gasteiger partial charge in [-0.1, -0.05) is 28.1 Å². The maximum Gasteiger partial charge on any atom is 0.338 e. The minimum Gasteiger partial charge on any atom is -0.493 e. The molecular formula is C14H15BrNO3P. The van der Waals surface area contributed by atoms with E-state index in [-0.39, 0.29) is 0 Å². The highest BCUT2D eigenvalue weighted by atomic mass is 79.9. The van der Waals surface area contributed by atoms with E-state index in [4.69, 9.17) is 9.26 Å². The second-order valence-corrected chi connectivity index (χ2v) is 7.22. The van der Waals surface area contributed by atoms with Crippen molar-refractivity contribution in [2.24, 2.45) is 0 Å². The van der Waals surface area contributed by atoms with E-state index in [0.29, 0.717) is 11.5 Å². The molecule has 0 aliphatic carbocycles. The summed E-state index contributed by atoms with van der Waals surface area (Å²) < 4.78 is 24.2. The highest BCUT2D eigenvalue weighted by molar-refractivity contribution is 9.10. The van der Waals surface area contributed by atoms with Crippen molar-refractivity contribution in [1.29, 1.82) is 0 Å². The molecule has 0 spiro atoms. The van der Waals surface area contributed by atoms with Crippen LogP contribution in [0.5, 0.6) is 11.5 Å². The number of ether oxygens (including phenoxy) is 1. The molecular weight excluding hydrogens is 341 g/mol. The van der Waals surface area contributed by atoms with Crippen molar-refractivity contribution < 1.29 is 13.8 Å². The van der Waals surface area contributed by atoms with Crippen LogP contribution in [-0.4, -0.2) is 13.8 Å². The summed E-state index contributed by atoms with van der Waals surface area (Å²) in [5, 5.41) is 2.90. The van der Waals surface area contributed by atoms with Crippen molar-refractivity contribution in [3.05, 3.63) is 53.0 Å². The van der Waals surface area contributed by atoms with Gasteiger partial charge in [-0.05, 0) is 36.4 Å². The summed E-state index contributed by atoms with van der Waals surface area (Å²) in [6, 6.07) is 14.5. The third kappa shape index (κ3) is 4.02. The van der Waals surface area contributed by atoms with Gasteiger partial charge in [-0.25, -0.2) is 0 Å². The van der Waals surface area contributed by atoms with E-state index in [1.54, 1.807) is 25.3 Å². The summed E-state index contributed by atoms with van der Waals surface area (Å²) in [7, 11) is -1.49. The smallest absolute Gasteiger partial charge is 0.338 e. The maximum atomic E-state index is 12.5. The van der Waals surface area contributed by atoms with Crippen molar-refractivity contribution in [2.75, 3.05) is 18.9 Å². The number of para-hydroxylation sites is 2. The molecule has 20 heavy (non-hydrogen) atoms. The van der Waals surface area contributed by atoms with Crippen LogP contribution in [0.2, 0.25) is 0 Å². The van der Waals surface area contributed by atoms with Gasteiger partial charge >= 0.3 is 7.52 Å². The Morgan fingerprint density at radius 2 is 1.65 bits per heavy atom. The molecule has 2 rings (SSSR count). The van der Waals surface area contributed by atoms with Gasteiger partial charge in [0.15, 0.2) is 11.5 Å². The second kappa shape index (κ2) is 6.33. The molecule has 6 heteroatoms. The fourth-order valence-corrected chi connectivity index (χ4v) is 3.12. The third-order valence-corrected chi connectivity index (χ3v) is 4.26. The number of hydrogen-bond acceptors (Lipinski definition) is 3. The first-order valence-corrected chi connectivity index (χ1v) is 8.81. The number of nitrogens with one attached hydrogen (secondary N) is 1. The second-order valence-electron chi connectivity index (χ2n) is 4.21. The molecule has 0 fully saturated rings. The SMILES string of the molecule is COc1ccccc1O[P@](C)(=O)Nc1ccc(Br)cc1. The first-order chi connectivity index (χ1) is 9.50. The molecule has 1 atom stereocenters. The van der Waals surface area contributed by atoms with E-state index >= 15 is 0 Å². The number of halogens is 1. The van der Waals surface area contributed by atoms with Gasteiger partial charge in [0.05, 0.1) is 7.11 Å². The molecule has 0 aliphatic rings. The van der Waals surface area contributed by atoms with Gasteiger partial charge in [0.1, 0.15) is 0 Å². The molecule has 1 N–H and O–H groups in total. The molecule has 2 aromatic carbocycles. The third-order valence-electron chi connectivity index (χ3n) is 2.52. The van der Waals surface area contributed by atoms with Gasteiger partial charge in [-0.2, -0.15) is 0 Å². The van der Waals surface area contributed by atoms with Gasteiger partial charge in [0.25, 0.3) is 0 Å². The highest BCUT2D eigenvalue weighted by Gasteiger charge is 2.19. The number of methoxy groups -OCH3 is 1. The van der Waals surface area contributed by atoms with Crippen molar-refractivity contribution in [2.45, 2.75) is 0 Å². The molecule has 106 valence electrons. The fraction of sp³-hybridized carbons (Fsp3) is 0.143. The van der Waals surface area contributed by atoms with Crippen molar-refractivity contribution in [3.63, 3.8) is 0 Å². The van der Waals surface area contributed by atoms with E-state index in [1.165, 1.54) is 6.66 Å². The van der Waals surface area contributed by atoms with Crippen LogP contribution >= 0.6 is 23.4 Å². The number of benzene rings is 2. The predicted octanol–water partition coefficient (Wildman–Crippen LogP) is 4.77. The van der Waals surface area contributed by atoms with Crippen LogP contribution in [0.1, 0.15) is 0 Å². The lowest BCUT2D eigenvalue weighted by Gasteiger charge is -2.18. The molecule has 0 saturated heterocycles. The Labute approximate surface area is 126 Å². The first kappa shape index (κ1) is 14.9. The largest absolute Gasteiger partial charge is 0.493 e. The molecule has 2 aromatic rings. The lowest BCUT2D eigenvalue weighted by molar-refractivity contribution is 0.391. The summed E-state index contributed by atoms with van der Waals surface area (Å²) >= 11 is 3.35. The van der Waals surface area contributed by atoms with Crippen LogP contribution in [0.15, 0.2) is 53.0 Å². The molecule has 0 radical (unpaired) electrons. The Morgan fingerprint density at radius 3 is 2.25 bits per heavy atom. The molecule has 0 unspecified atom stereocenters. The molecule has 0 aromatic heterocycles. The Balaban J connectivity index is 2.14. The van der Waals surface area contributed by atoms with Crippen LogP contribution in [0.25, 0.3) is 0 Å². The quantitative estimate of drug-likeness (QED) is 0.784. The van der Waals surface area contributed by atoms with E-state index < -0.39 is 7.52 Å². The predicted molar refractivity (Wildman–Crippen MR) is 84.9 cm³/mol. The van der Waals surface area contributed by atoms with Gasteiger partial charge in [-0.15, -0.1) is 0 Å². The van der Waals surface area contributed by atoms with Gasteiger partial charge in [-0.3, -0.25) is 4.57 Å². The minimum absolute atomic E-state index is 0.449. The molecule has 4 nitrogen and oxygen atoms in total. The van der Waals surface area contributed by atoms with Crippen molar-refractivity contribution >= 4 is 29.1 Å². The first-order valence-electron chi connectivity index (χ1n) is 5.94. The Morgan fingerprint density at radius 1 is 1.05 bits per heavy atom. The summed E-state index contributed by atoms with van der Waals surface area (Å²) in [4.78, 5) is 0. The molecule has 0 amide bonds. The van der Waals surface area contributed by atoms with Crippen LogP contribution in [0.4, 0.5) is 5.69 Å². The zero-order valence-corrected chi connectivity index (χ0v) is 13.6. The zero-order chi connectivity index (χ0) is 14.6. The van der Waals surface area contributed by atoms with Gasteiger partial charge in [0.2, 0.25) is 0 Å². The molecule has 0 bridgehead atoms. The Bertz CT molecular complexity index is 631. The van der Waals surface area contributed by atoms with E-state index in [9.17, 15) is 4.57 Å². The topological polar surface area (TPSA) is 47.6 Å². The number of anilines is 1. The standard InChI is InChI=1S/C14H15BrNO3P/c1-18-13-5-3-4-6-14(13)19-20(2,17)16-12-9-7-11(15)8-10-12/h3-10H,1-2H3,(H,16,17)/t20-/m0/s1. The van der Waals surface area contributed by atoms with Gasteiger partial charge < -0.3 is 14.3 Å². The molecule has 0 saturated carbocycles. The van der Waals surface area contributed by atoms with E-state index in [1.807, 2.05) is 30.3 Å². The summed E-state index contributed by atoms with van der Waals surface area (Å²) in [5.41, 5.74) is 0.730. The molecule has 0 heterocycles. The lowest BCUT2D eigenvalue weighted by Crippen LogP contribution is -2.03. The van der Waals surface area contributed by atoms with Gasteiger partial charge in [0, 0.05) is 16.8 Å². The highest BCUT2D eigenvalue weighted by Crippen LogP contribution is 2.45. The van der Waals surface area contributed by atoms with E-state index in [0.717, 1.165) is 10.2 Å². The van der Waals surface area contributed by atoms with Crippen LogP contribution in [0, 0.1) is 0 Å². The number of hydrogen-bond donors (Lipinski definition) is 1. The minimum atomic E-state index is -3.04. The van der Waals surface area contributed by atoms with Crippen molar-refractivity contribution in [3.8, 4) is 11.5 Å². The number of rotatable bonds is 5. The summed E-state index contributed by atoms with van der Waals surface area (Å²) in [6.45, 7) is 1.53. The normalized spacial score (nSPS) is 13.3. The molecule has 0 aliphatic heterocycles. The average molecular weight is 356 g/mol. The summed E-state index contributed by atoms with van der Waals surface area (Å²) in [6.07, 6.45) is 0. The lowest BCUT2D eigenvalue weighted by atomic mass is 10.3. The fourth-order valence-electron chi connectivity index (χ4n) is 1.66. The Kier molecular flexibility index (Phi) is 4.73. The van der Waals surface area contributed by atoms with Crippen LogP contribution < -0.4 is 14.3 Å². The monoisotopic (exact) mass is 355 g/mol. The summed E-state index contributed by atoms with van der Waals surface area (Å²) in [5.74, 6) is 0.998. The van der Waals surface area contributed by atoms with E-state index in [2.05, 4.69) is 21.0 Å². The maximum absolute atomic E-state index is 12.5. The Hall–Kier alpha value is -1.45. The van der Waals surface area contributed by atoms with Crippen LogP contribution in [0.3, 0.4) is 0 Å².